The molecule has 3 fully saturated rings. The number of aromatic nitrogens is 1. The second kappa shape index (κ2) is 9.81. The molecule has 7 nitrogen and oxygen atoms in total. The van der Waals surface area contributed by atoms with Gasteiger partial charge in [0.15, 0.2) is 6.10 Å². The number of pyridine rings is 1. The van der Waals surface area contributed by atoms with Crippen molar-refractivity contribution in [1.29, 1.82) is 0 Å². The molecule has 2 bridgehead atoms. The number of esters is 1. The Labute approximate surface area is 254 Å². The number of ether oxygens (including phenoxy) is 1. The maximum Gasteiger partial charge on any atom is 0.339 e. The number of imide groups is 1. The molecule has 2 saturated carbocycles. The van der Waals surface area contributed by atoms with E-state index in [4.69, 9.17) is 9.72 Å². The lowest BCUT2D eigenvalue weighted by molar-refractivity contribution is -0.124. The summed E-state index contributed by atoms with van der Waals surface area (Å²) in [5.74, 6) is -0.156. The number of hydrogen-bond donors (Lipinski definition) is 0. The van der Waals surface area contributed by atoms with Crippen LogP contribution in [-0.2, 0) is 14.3 Å². The Bertz CT molecular complexity index is 1880. The summed E-state index contributed by atoms with van der Waals surface area (Å²) in [5, 5.41) is 0.631. The molecule has 4 aliphatic carbocycles. The number of carbonyl (C=O) groups is 4. The molecule has 9 rings (SSSR count). The van der Waals surface area contributed by atoms with Gasteiger partial charge in [-0.2, -0.15) is 0 Å². The van der Waals surface area contributed by atoms with E-state index in [0.717, 1.165) is 17.5 Å². The van der Waals surface area contributed by atoms with E-state index in [1.165, 1.54) is 4.90 Å². The molecule has 2 heterocycles. The molecule has 7 unspecified atom stereocenters. The Kier molecular flexibility index (Phi) is 5.95. The van der Waals surface area contributed by atoms with Gasteiger partial charge in [0, 0.05) is 16.5 Å². The summed E-state index contributed by atoms with van der Waals surface area (Å²) in [4.78, 5) is 59.7. The highest BCUT2D eigenvalue weighted by atomic mass is 16.5. The van der Waals surface area contributed by atoms with Crippen LogP contribution in [0.3, 0.4) is 0 Å². The second-order valence-corrected chi connectivity index (χ2v) is 12.6. The van der Waals surface area contributed by atoms with Crippen LogP contribution in [0, 0.1) is 42.4 Å². The van der Waals surface area contributed by atoms with Crippen LogP contribution in [0.1, 0.15) is 39.6 Å². The minimum Gasteiger partial charge on any atom is -0.451 e. The molecule has 218 valence electrons. The van der Waals surface area contributed by atoms with Crippen LogP contribution in [-0.4, -0.2) is 34.7 Å². The fourth-order valence-electron chi connectivity index (χ4n) is 7.76. The van der Waals surface area contributed by atoms with Gasteiger partial charge >= 0.3 is 5.97 Å². The fourth-order valence-corrected chi connectivity index (χ4v) is 7.76. The van der Waals surface area contributed by atoms with Gasteiger partial charge in [0.2, 0.25) is 17.6 Å². The van der Waals surface area contributed by atoms with Crippen molar-refractivity contribution in [1.82, 2.24) is 4.98 Å². The molecule has 4 aromatic rings. The van der Waals surface area contributed by atoms with Crippen LogP contribution in [0.15, 0.2) is 91.0 Å². The molecule has 44 heavy (non-hydrogen) atoms. The zero-order valence-corrected chi connectivity index (χ0v) is 24.3. The molecule has 0 N–H and O–H groups in total. The number of Topliss-reactive ketones (excluding diaryl/α,β-unsaturated/α-hetero) is 1. The van der Waals surface area contributed by atoms with E-state index < -0.39 is 12.1 Å². The fraction of sp³-hybridized carbons (Fsp3) is 0.270. The second-order valence-electron chi connectivity index (χ2n) is 12.6. The number of anilines is 1. The first-order valence-electron chi connectivity index (χ1n) is 15.2. The van der Waals surface area contributed by atoms with Crippen LogP contribution in [0.25, 0.3) is 22.2 Å². The lowest BCUT2D eigenvalue weighted by Crippen LogP contribution is -2.40. The molecular formula is C37H30N2O5. The van der Waals surface area contributed by atoms with Gasteiger partial charge < -0.3 is 4.74 Å². The van der Waals surface area contributed by atoms with Crippen molar-refractivity contribution < 1.29 is 23.9 Å². The number of ketones is 1. The summed E-state index contributed by atoms with van der Waals surface area (Å²) in [6, 6.07) is 23.3. The van der Waals surface area contributed by atoms with Crippen LogP contribution >= 0.6 is 0 Å². The van der Waals surface area contributed by atoms with Gasteiger partial charge in [0.05, 0.1) is 34.3 Å². The summed E-state index contributed by atoms with van der Waals surface area (Å²) < 4.78 is 5.68. The van der Waals surface area contributed by atoms with E-state index in [9.17, 15) is 19.2 Å². The molecule has 0 spiro atoms. The Morgan fingerprint density at radius 2 is 1.52 bits per heavy atom. The molecule has 7 heteroatoms. The molecular weight excluding hydrogens is 552 g/mol. The normalized spacial score (nSPS) is 26.8. The molecule has 7 atom stereocenters. The molecule has 3 aromatic carbocycles. The zero-order chi connectivity index (χ0) is 30.3. The maximum atomic E-state index is 13.6. The van der Waals surface area contributed by atoms with Crippen LogP contribution < -0.4 is 4.90 Å². The number of rotatable bonds is 6. The van der Waals surface area contributed by atoms with E-state index in [2.05, 4.69) is 12.2 Å². The molecule has 1 saturated heterocycles. The van der Waals surface area contributed by atoms with Gasteiger partial charge in [-0.3, -0.25) is 19.3 Å². The van der Waals surface area contributed by atoms with Crippen molar-refractivity contribution in [2.45, 2.75) is 26.4 Å². The first-order valence-corrected chi connectivity index (χ1v) is 15.2. The van der Waals surface area contributed by atoms with Crippen molar-refractivity contribution in [3.63, 3.8) is 0 Å². The van der Waals surface area contributed by atoms with E-state index in [0.29, 0.717) is 45.2 Å². The van der Waals surface area contributed by atoms with E-state index >= 15 is 0 Å². The Morgan fingerprint density at radius 1 is 0.864 bits per heavy atom. The van der Waals surface area contributed by atoms with E-state index in [-0.39, 0.29) is 41.3 Å². The van der Waals surface area contributed by atoms with Crippen LogP contribution in [0.2, 0.25) is 0 Å². The quantitative estimate of drug-likeness (QED) is 0.116. The summed E-state index contributed by atoms with van der Waals surface area (Å²) >= 11 is 0. The van der Waals surface area contributed by atoms with E-state index in [1.807, 2.05) is 43.3 Å². The van der Waals surface area contributed by atoms with Gasteiger partial charge in [-0.25, -0.2) is 9.78 Å². The van der Waals surface area contributed by atoms with Crippen molar-refractivity contribution >= 4 is 40.2 Å². The average Bonchev–Trinajstić information content (AvgIpc) is 3.83. The Morgan fingerprint density at radius 3 is 2.18 bits per heavy atom. The van der Waals surface area contributed by atoms with Crippen molar-refractivity contribution in [3.05, 3.63) is 108 Å². The number of fused-ring (bicyclic) bond motifs is 1. The minimum atomic E-state index is -0.976. The van der Waals surface area contributed by atoms with Crippen molar-refractivity contribution in [2.75, 3.05) is 4.90 Å². The number of carbonyl (C=O) groups excluding carboxylic acids is 4. The smallest absolute Gasteiger partial charge is 0.339 e. The van der Waals surface area contributed by atoms with Crippen LogP contribution in [0.4, 0.5) is 5.69 Å². The van der Waals surface area contributed by atoms with E-state index in [1.54, 1.807) is 49.4 Å². The largest absolute Gasteiger partial charge is 0.451 e. The summed E-state index contributed by atoms with van der Waals surface area (Å²) in [6.07, 6.45) is 4.49. The third kappa shape index (κ3) is 4.06. The number of hydrogen-bond acceptors (Lipinski definition) is 6. The van der Waals surface area contributed by atoms with Gasteiger partial charge in [-0.1, -0.05) is 66.2 Å². The SMILES string of the molecule is Cc1ccc2nc(-c3ccc(N4C(=O)C5C6C=CC(C7CC67)C5C4=O)cc3)cc(C(=O)OC(C)C(=O)c3ccccc3)c2c1. The Hall–Kier alpha value is -4.91. The Balaban J connectivity index is 1.09. The third-order valence-corrected chi connectivity index (χ3v) is 9.98. The predicted octanol–water partition coefficient (Wildman–Crippen LogP) is 6.20. The molecule has 1 aliphatic heterocycles. The number of amides is 2. The van der Waals surface area contributed by atoms with Gasteiger partial charge in [-0.15, -0.1) is 0 Å². The molecule has 5 aliphatic rings. The average molecular weight is 583 g/mol. The topological polar surface area (TPSA) is 93.6 Å². The highest BCUT2D eigenvalue weighted by Gasteiger charge is 2.67. The monoisotopic (exact) mass is 582 g/mol. The standard InChI is InChI=1S/C37H30N2O5/c1-19-8-15-30-28(16-19)29(37(43)44-20(2)34(40)22-6-4-3-5-7-22)18-31(38-30)21-9-11-23(12-10-21)39-35(41)32-24-13-14-25(27-17-26(24)27)33(32)36(39)42/h3-16,18,20,24-27,32-33H,17H2,1-2H3. The molecule has 1 aromatic heterocycles. The molecule has 2 amide bonds. The number of nitrogens with zero attached hydrogens (tertiary/aromatic N) is 2. The van der Waals surface area contributed by atoms with Crippen molar-refractivity contribution in [2.24, 2.45) is 35.5 Å². The first-order chi connectivity index (χ1) is 21.3. The van der Waals surface area contributed by atoms with Gasteiger partial charge in [0.25, 0.3) is 0 Å². The maximum absolute atomic E-state index is 13.6. The highest BCUT2D eigenvalue weighted by molar-refractivity contribution is 6.22. The van der Waals surface area contributed by atoms with Gasteiger partial charge in [-0.05, 0) is 74.3 Å². The predicted molar refractivity (Wildman–Crippen MR) is 165 cm³/mol. The first kappa shape index (κ1) is 26.7. The summed E-state index contributed by atoms with van der Waals surface area (Å²) in [5.41, 5.74) is 4.16. The van der Waals surface area contributed by atoms with Crippen LogP contribution in [0.5, 0.6) is 0 Å². The highest BCUT2D eigenvalue weighted by Crippen LogP contribution is 2.65. The third-order valence-electron chi connectivity index (χ3n) is 9.98. The summed E-state index contributed by atoms with van der Waals surface area (Å²) in [7, 11) is 0. The van der Waals surface area contributed by atoms with Gasteiger partial charge in [0.1, 0.15) is 0 Å². The molecule has 0 radical (unpaired) electrons. The summed E-state index contributed by atoms with van der Waals surface area (Å²) in [6.45, 7) is 3.51. The minimum absolute atomic E-state index is 0.0964. The lowest BCUT2D eigenvalue weighted by Gasteiger charge is -2.37. The number of allylic oxidation sites excluding steroid dienone is 2. The van der Waals surface area contributed by atoms with Crippen molar-refractivity contribution in [3.8, 4) is 11.3 Å². The number of benzene rings is 3. The number of aryl methyl sites for hydroxylation is 1. The lowest BCUT2D eigenvalue weighted by atomic mass is 9.63. The zero-order valence-electron chi connectivity index (χ0n) is 24.3.